The van der Waals surface area contributed by atoms with Gasteiger partial charge in [-0.05, 0) is 38.8 Å². The summed E-state index contributed by atoms with van der Waals surface area (Å²) < 4.78 is 32.0. The average Bonchev–Trinajstić information content (AvgIpc) is 3.41. The fourth-order valence-corrected chi connectivity index (χ4v) is 4.30. The molecule has 0 atom stereocenters. The summed E-state index contributed by atoms with van der Waals surface area (Å²) in [7, 11) is 0. The van der Waals surface area contributed by atoms with E-state index in [4.69, 9.17) is 15.5 Å². The third-order valence-corrected chi connectivity index (χ3v) is 6.14. The van der Waals surface area contributed by atoms with Crippen molar-refractivity contribution in [2.45, 2.75) is 45.3 Å². The van der Waals surface area contributed by atoms with Crippen molar-refractivity contribution in [1.29, 1.82) is 0 Å². The van der Waals surface area contributed by atoms with Crippen LogP contribution in [0.25, 0.3) is 11.0 Å². The number of rotatable bonds is 5. The van der Waals surface area contributed by atoms with Crippen LogP contribution in [0.2, 0.25) is 0 Å². The number of aliphatic hydroxyl groups is 1. The Morgan fingerprint density at radius 2 is 1.75 bits per heavy atom. The number of aromatic nitrogens is 3. The average molecular weight is 501 g/mol. The highest BCUT2D eigenvalue weighted by Gasteiger charge is 2.22. The molecule has 2 aliphatic heterocycles. The van der Waals surface area contributed by atoms with Gasteiger partial charge in [-0.25, -0.2) is 18.7 Å². The quantitative estimate of drug-likeness (QED) is 0.550. The summed E-state index contributed by atoms with van der Waals surface area (Å²) in [6.45, 7) is 8.59. The van der Waals surface area contributed by atoms with Gasteiger partial charge in [-0.3, -0.25) is 9.88 Å². The van der Waals surface area contributed by atoms with E-state index in [0.29, 0.717) is 67.4 Å². The minimum Gasteiger partial charge on any atom is -0.390 e. The van der Waals surface area contributed by atoms with Crippen LogP contribution in [0.1, 0.15) is 37.9 Å². The Morgan fingerprint density at radius 1 is 1.03 bits per heavy atom. The van der Waals surface area contributed by atoms with E-state index in [9.17, 15) is 13.9 Å². The summed E-state index contributed by atoms with van der Waals surface area (Å²) in [5, 5.41) is 10.1. The third kappa shape index (κ3) is 7.05. The normalized spacial score (nSPS) is 16.8. The summed E-state index contributed by atoms with van der Waals surface area (Å²) in [6, 6.07) is 5.51. The van der Waals surface area contributed by atoms with Gasteiger partial charge in [-0.1, -0.05) is 6.07 Å². The molecule has 194 valence electrons. The predicted molar refractivity (Wildman–Crippen MR) is 136 cm³/mol. The molecule has 4 heterocycles. The third-order valence-electron chi connectivity index (χ3n) is 6.14. The number of hydrogen-bond acceptors (Lipinski definition) is 8. The van der Waals surface area contributed by atoms with Crippen LogP contribution in [-0.2, 0) is 17.7 Å². The number of nitrogens with zero attached hydrogens (tertiary/aromatic N) is 5. The predicted octanol–water partition coefficient (Wildman–Crippen LogP) is 3.32. The molecule has 0 radical (unpaired) electrons. The molecule has 2 saturated heterocycles. The molecule has 0 aliphatic carbocycles. The number of anilines is 2. The maximum absolute atomic E-state index is 14.0. The second kappa shape index (κ2) is 11.4. The van der Waals surface area contributed by atoms with Gasteiger partial charge in [-0.2, -0.15) is 0 Å². The zero-order chi connectivity index (χ0) is 25.7. The van der Waals surface area contributed by atoms with Crippen LogP contribution in [0.3, 0.4) is 0 Å². The molecule has 3 aromatic rings. The van der Waals surface area contributed by atoms with E-state index >= 15 is 0 Å². The van der Waals surface area contributed by atoms with Gasteiger partial charge in [0.15, 0.2) is 11.6 Å². The summed E-state index contributed by atoms with van der Waals surface area (Å²) in [6.07, 6.45) is 4.58. The van der Waals surface area contributed by atoms with E-state index in [0.717, 1.165) is 25.0 Å². The van der Waals surface area contributed by atoms with E-state index in [-0.39, 0.29) is 0 Å². The Labute approximate surface area is 210 Å². The maximum atomic E-state index is 14.0. The summed E-state index contributed by atoms with van der Waals surface area (Å²) in [5.74, 6) is -0.150. The highest BCUT2D eigenvalue weighted by atomic mass is 19.1. The Kier molecular flexibility index (Phi) is 8.28. The molecule has 2 aromatic heterocycles. The van der Waals surface area contributed by atoms with Gasteiger partial charge in [0.2, 0.25) is 0 Å². The summed E-state index contributed by atoms with van der Waals surface area (Å²) in [4.78, 5) is 17.7. The molecule has 0 amide bonds. The molecule has 36 heavy (non-hydrogen) atoms. The van der Waals surface area contributed by atoms with Gasteiger partial charge in [0.05, 0.1) is 17.3 Å². The van der Waals surface area contributed by atoms with Gasteiger partial charge >= 0.3 is 0 Å². The first kappa shape index (κ1) is 26.1. The van der Waals surface area contributed by atoms with Crippen molar-refractivity contribution in [3.05, 3.63) is 53.4 Å². The highest BCUT2D eigenvalue weighted by molar-refractivity contribution is 5.79. The van der Waals surface area contributed by atoms with Crippen LogP contribution in [0.5, 0.6) is 0 Å². The Balaban J connectivity index is 0.000000543. The number of hydrogen-bond donors (Lipinski definition) is 2. The minimum absolute atomic E-state index is 0.336. The fourth-order valence-electron chi connectivity index (χ4n) is 4.30. The fraction of sp³-hybridized carbons (Fsp3) is 0.500. The molecule has 2 fully saturated rings. The lowest BCUT2D eigenvalue weighted by Gasteiger charge is -2.35. The molecule has 0 bridgehead atoms. The Hall–Kier alpha value is -2.95. The standard InChI is InChI=1S/C22H26F2N6O.C4H8O/c1-22(2,31)11-16-10-18-19(12-26-16)27-20(25)21(28-18)30-7-5-29(6-8-30)13-14-3-4-15(23)9-17(14)24;1-2-4-5-3-1/h3-4,9-10,12,31H,5-8,11,13H2,1-2H3,(H2,25,27);1-4H2. The molecule has 0 spiro atoms. The van der Waals surface area contributed by atoms with E-state index in [1.54, 1.807) is 20.0 Å². The van der Waals surface area contributed by atoms with Crippen LogP contribution < -0.4 is 10.6 Å². The van der Waals surface area contributed by atoms with Crippen LogP contribution in [-0.4, -0.2) is 70.0 Å². The van der Waals surface area contributed by atoms with Gasteiger partial charge < -0.3 is 20.5 Å². The number of nitrogens with two attached hydrogens (primary N) is 1. The lowest BCUT2D eigenvalue weighted by Crippen LogP contribution is -2.46. The topological polar surface area (TPSA) is 101 Å². The van der Waals surface area contributed by atoms with Crippen LogP contribution in [0, 0.1) is 11.6 Å². The minimum atomic E-state index is -0.870. The first-order valence-corrected chi connectivity index (χ1v) is 12.3. The molecule has 0 saturated carbocycles. The lowest BCUT2D eigenvalue weighted by atomic mass is 10.0. The van der Waals surface area contributed by atoms with Crippen molar-refractivity contribution in [2.75, 3.05) is 50.0 Å². The first-order chi connectivity index (χ1) is 17.2. The van der Waals surface area contributed by atoms with Crippen molar-refractivity contribution in [3.8, 4) is 0 Å². The molecule has 1 aromatic carbocycles. The number of ether oxygens (including phenoxy) is 1. The van der Waals surface area contributed by atoms with Crippen molar-refractivity contribution >= 4 is 22.7 Å². The first-order valence-electron chi connectivity index (χ1n) is 12.3. The van der Waals surface area contributed by atoms with E-state index in [1.165, 1.54) is 25.0 Å². The number of pyridine rings is 1. The number of piperazine rings is 1. The molecule has 10 heteroatoms. The second-order valence-electron chi connectivity index (χ2n) is 9.90. The number of benzene rings is 1. The van der Waals surface area contributed by atoms with Crippen LogP contribution in [0.4, 0.5) is 20.4 Å². The molecule has 8 nitrogen and oxygen atoms in total. The monoisotopic (exact) mass is 500 g/mol. The number of fused-ring (bicyclic) bond motifs is 1. The number of halogens is 2. The molecular formula is C26H34F2N6O2. The van der Waals surface area contributed by atoms with Gasteiger partial charge in [0, 0.05) is 69.7 Å². The smallest absolute Gasteiger partial charge is 0.172 e. The van der Waals surface area contributed by atoms with E-state index in [1.807, 2.05) is 6.07 Å². The van der Waals surface area contributed by atoms with Crippen molar-refractivity contribution in [1.82, 2.24) is 19.9 Å². The molecule has 3 N–H and O–H groups in total. The molecule has 5 rings (SSSR count). The molecular weight excluding hydrogens is 466 g/mol. The maximum Gasteiger partial charge on any atom is 0.172 e. The van der Waals surface area contributed by atoms with Crippen molar-refractivity contribution in [3.63, 3.8) is 0 Å². The van der Waals surface area contributed by atoms with Crippen molar-refractivity contribution < 1.29 is 18.6 Å². The van der Waals surface area contributed by atoms with Gasteiger partial charge in [0.25, 0.3) is 0 Å². The summed E-state index contributed by atoms with van der Waals surface area (Å²) in [5.41, 5.74) is 7.79. The summed E-state index contributed by atoms with van der Waals surface area (Å²) >= 11 is 0. The van der Waals surface area contributed by atoms with E-state index in [2.05, 4.69) is 19.8 Å². The molecule has 0 unspecified atom stereocenters. The Morgan fingerprint density at radius 3 is 2.36 bits per heavy atom. The largest absolute Gasteiger partial charge is 0.390 e. The van der Waals surface area contributed by atoms with Gasteiger partial charge in [-0.15, -0.1) is 0 Å². The molecule has 2 aliphatic rings. The number of nitrogen functional groups attached to an aromatic ring is 1. The van der Waals surface area contributed by atoms with E-state index < -0.39 is 17.2 Å². The van der Waals surface area contributed by atoms with Crippen LogP contribution in [0.15, 0.2) is 30.5 Å². The van der Waals surface area contributed by atoms with Crippen LogP contribution >= 0.6 is 0 Å². The lowest BCUT2D eigenvalue weighted by molar-refractivity contribution is 0.0800. The van der Waals surface area contributed by atoms with Crippen molar-refractivity contribution in [2.24, 2.45) is 0 Å². The van der Waals surface area contributed by atoms with Gasteiger partial charge in [0.1, 0.15) is 17.2 Å². The zero-order valence-corrected chi connectivity index (χ0v) is 20.9. The highest BCUT2D eigenvalue weighted by Crippen LogP contribution is 2.25. The Bertz CT molecular complexity index is 1170. The SMILES string of the molecule is C1CCOC1.CC(C)(O)Cc1cc2nc(N3CCN(Cc4ccc(F)cc4F)CC3)c(N)nc2cn1. The zero-order valence-electron chi connectivity index (χ0n) is 20.9. The second-order valence-corrected chi connectivity index (χ2v) is 9.90.